The summed E-state index contributed by atoms with van der Waals surface area (Å²) >= 11 is 0. The molecule has 0 saturated carbocycles. The van der Waals surface area contributed by atoms with E-state index in [0.29, 0.717) is 0 Å². The topological polar surface area (TPSA) is 221 Å². The van der Waals surface area contributed by atoms with Gasteiger partial charge in [-0.1, -0.05) is 12.1 Å². The summed E-state index contributed by atoms with van der Waals surface area (Å²) in [4.78, 5) is 0. The van der Waals surface area contributed by atoms with E-state index >= 15 is 0 Å². The molecule has 2 aliphatic heterocycles. The Hall–Kier alpha value is -5.20. The molecule has 4 aromatic carbocycles. The molecule has 12 heteroatoms. The highest BCUT2D eigenvalue weighted by molar-refractivity contribution is 5.65. The summed E-state index contributed by atoms with van der Waals surface area (Å²) in [6.45, 7) is 0. The van der Waals surface area contributed by atoms with Crippen LogP contribution in [-0.4, -0.2) is 63.3 Å². The molecule has 0 radical (unpaired) electrons. The van der Waals surface area contributed by atoms with Crippen LogP contribution in [0.15, 0.2) is 54.6 Å². The summed E-state index contributed by atoms with van der Waals surface area (Å²) in [6, 6.07) is 10.8. The van der Waals surface area contributed by atoms with Crippen LogP contribution in [0.3, 0.4) is 0 Å². The van der Waals surface area contributed by atoms with Crippen LogP contribution in [0.2, 0.25) is 0 Å². The predicted molar refractivity (Wildman–Crippen MR) is 143 cm³/mol. The van der Waals surface area contributed by atoms with Gasteiger partial charge in [0.25, 0.3) is 0 Å². The summed E-state index contributed by atoms with van der Waals surface area (Å²) in [6.07, 6.45) is -5.43. The van der Waals surface area contributed by atoms with Gasteiger partial charge >= 0.3 is 0 Å². The number of aliphatic hydroxyl groups is 2. The second kappa shape index (κ2) is 9.72. The van der Waals surface area contributed by atoms with Crippen LogP contribution in [0.1, 0.15) is 45.9 Å². The molecule has 12 nitrogen and oxygen atoms in total. The minimum atomic E-state index is -1.59. The number of hydrogen-bond acceptors (Lipinski definition) is 12. The van der Waals surface area contributed by atoms with Crippen molar-refractivity contribution in [1.29, 1.82) is 0 Å². The molecule has 0 spiro atoms. The quantitative estimate of drug-likeness (QED) is 0.159. The lowest BCUT2D eigenvalue weighted by molar-refractivity contribution is 0.00115. The summed E-state index contributed by atoms with van der Waals surface area (Å²) in [5.74, 6) is -5.08. The van der Waals surface area contributed by atoms with Crippen LogP contribution >= 0.6 is 0 Å². The average Bonchev–Trinajstić information content (AvgIpc) is 2.93. The van der Waals surface area contributed by atoms with Crippen molar-refractivity contribution in [2.75, 3.05) is 0 Å². The minimum absolute atomic E-state index is 0.0312. The van der Waals surface area contributed by atoms with Crippen LogP contribution < -0.4 is 9.47 Å². The van der Waals surface area contributed by atoms with E-state index in [1.54, 1.807) is 0 Å². The van der Waals surface area contributed by atoms with Gasteiger partial charge in [-0.2, -0.15) is 0 Å². The van der Waals surface area contributed by atoms with E-state index in [1.807, 2.05) is 0 Å². The summed E-state index contributed by atoms with van der Waals surface area (Å²) in [5, 5.41) is 105. The number of aromatic hydroxyl groups is 8. The van der Waals surface area contributed by atoms with Gasteiger partial charge in [0.2, 0.25) is 0 Å². The molecule has 0 bridgehead atoms. The highest BCUT2D eigenvalue weighted by atomic mass is 16.5. The molecule has 10 N–H and O–H groups in total. The number of fused-ring (bicyclic) bond motifs is 2. The Morgan fingerprint density at radius 3 is 1.76 bits per heavy atom. The minimum Gasteiger partial charge on any atom is -0.508 e. The van der Waals surface area contributed by atoms with Crippen LogP contribution in [0.5, 0.6) is 57.5 Å². The van der Waals surface area contributed by atoms with Crippen LogP contribution in [-0.2, 0) is 6.42 Å². The Balaban J connectivity index is 1.55. The van der Waals surface area contributed by atoms with Crippen LogP contribution in [0.4, 0.5) is 0 Å². The van der Waals surface area contributed by atoms with Gasteiger partial charge in [-0.3, -0.25) is 0 Å². The molecule has 4 aromatic rings. The maximum absolute atomic E-state index is 11.8. The maximum Gasteiger partial charge on any atom is 0.157 e. The second-order valence-electron chi connectivity index (χ2n) is 10.3. The predicted octanol–water partition coefficient (Wildman–Crippen LogP) is 3.00. The van der Waals surface area contributed by atoms with Gasteiger partial charge < -0.3 is 60.5 Å². The number of ether oxygens (including phenoxy) is 2. The van der Waals surface area contributed by atoms with Crippen molar-refractivity contribution in [1.82, 2.24) is 0 Å². The lowest BCUT2D eigenvalue weighted by atomic mass is 9.77. The molecule has 0 aromatic heterocycles. The Morgan fingerprint density at radius 2 is 1.14 bits per heavy atom. The highest BCUT2D eigenvalue weighted by Crippen LogP contribution is 2.57. The van der Waals surface area contributed by atoms with Gasteiger partial charge in [-0.25, -0.2) is 0 Å². The first-order chi connectivity index (χ1) is 19.9. The fourth-order valence-electron chi connectivity index (χ4n) is 5.71. The van der Waals surface area contributed by atoms with E-state index < -0.39 is 70.6 Å². The van der Waals surface area contributed by atoms with Gasteiger partial charge in [-0.05, 0) is 35.4 Å². The SMILES string of the molecule is Oc1cc(O)c2c(c1)OC(c1ccc(O)c(O)c1)[C@H](O)C2c1c(O)cc(O)c2c1OC(c1ccc(O)c(O)c1)[C@@H](O)C2. The molecule has 6 rings (SSSR count). The molecular weight excluding hydrogens is 552 g/mol. The fraction of sp³-hybridized carbons (Fsp3) is 0.200. The van der Waals surface area contributed by atoms with Crippen LogP contribution in [0, 0.1) is 0 Å². The van der Waals surface area contributed by atoms with Crippen molar-refractivity contribution in [3.63, 3.8) is 0 Å². The monoisotopic (exact) mass is 578 g/mol. The van der Waals surface area contributed by atoms with Crippen LogP contribution in [0.25, 0.3) is 0 Å². The first-order valence-corrected chi connectivity index (χ1v) is 12.8. The van der Waals surface area contributed by atoms with E-state index in [4.69, 9.17) is 9.47 Å². The molecule has 5 atom stereocenters. The molecule has 2 heterocycles. The molecular formula is C30H26O12. The number of phenolic OH excluding ortho intramolecular Hbond substituents is 8. The van der Waals surface area contributed by atoms with Gasteiger partial charge in [0, 0.05) is 41.3 Å². The zero-order chi connectivity index (χ0) is 30.0. The Labute approximate surface area is 237 Å². The third kappa shape index (κ3) is 4.24. The fourth-order valence-corrected chi connectivity index (χ4v) is 5.71. The standard InChI is InChI=1S/C30H26O12/c31-13-7-20(37)24-23(8-13)41-29(12-2-4-16(33)19(36)6-12)27(40)26(24)25-21(38)10-17(34)14-9-22(39)28(42-30(14)25)11-1-3-15(32)18(35)5-11/h1-8,10,22,26-29,31-40H,9H2/t22-,26?,27+,28?,29?/m0/s1. The molecule has 0 fully saturated rings. The van der Waals surface area contributed by atoms with Crippen molar-refractivity contribution in [3.05, 3.63) is 82.4 Å². The van der Waals surface area contributed by atoms with Crippen molar-refractivity contribution in [2.45, 2.75) is 36.8 Å². The third-order valence-corrected chi connectivity index (χ3v) is 7.67. The lowest BCUT2D eigenvalue weighted by Gasteiger charge is -2.40. The molecule has 42 heavy (non-hydrogen) atoms. The van der Waals surface area contributed by atoms with E-state index in [-0.39, 0.29) is 51.5 Å². The highest BCUT2D eigenvalue weighted by Gasteiger charge is 2.46. The van der Waals surface area contributed by atoms with Gasteiger partial charge in [-0.15, -0.1) is 0 Å². The number of phenols is 8. The second-order valence-corrected chi connectivity index (χ2v) is 10.3. The maximum atomic E-state index is 11.8. The van der Waals surface area contributed by atoms with Gasteiger partial charge in [0.15, 0.2) is 29.1 Å². The summed E-state index contributed by atoms with van der Waals surface area (Å²) in [7, 11) is 0. The number of benzene rings is 4. The van der Waals surface area contributed by atoms with E-state index in [0.717, 1.165) is 12.1 Å². The van der Waals surface area contributed by atoms with E-state index in [1.165, 1.54) is 42.5 Å². The Kier molecular flexibility index (Phi) is 6.24. The van der Waals surface area contributed by atoms with Crippen molar-refractivity contribution in [2.24, 2.45) is 0 Å². The first-order valence-electron chi connectivity index (χ1n) is 12.8. The summed E-state index contributed by atoms with van der Waals surface area (Å²) < 4.78 is 12.1. The molecule has 0 amide bonds. The van der Waals surface area contributed by atoms with E-state index in [9.17, 15) is 51.1 Å². The van der Waals surface area contributed by atoms with Gasteiger partial charge in [0.05, 0.1) is 12.0 Å². The van der Waals surface area contributed by atoms with Gasteiger partial charge in [0.1, 0.15) is 46.7 Å². The Bertz CT molecular complexity index is 1720. The molecule has 218 valence electrons. The average molecular weight is 579 g/mol. The van der Waals surface area contributed by atoms with Crippen molar-refractivity contribution >= 4 is 0 Å². The number of rotatable bonds is 3. The zero-order valence-corrected chi connectivity index (χ0v) is 21.6. The van der Waals surface area contributed by atoms with Crippen molar-refractivity contribution in [3.8, 4) is 57.5 Å². The normalized spacial score (nSPS) is 22.9. The molecule has 2 aliphatic rings. The summed E-state index contributed by atoms with van der Waals surface area (Å²) in [5.41, 5.74) is 0.435. The zero-order valence-electron chi connectivity index (χ0n) is 21.6. The molecule has 3 unspecified atom stereocenters. The van der Waals surface area contributed by atoms with E-state index in [2.05, 4.69) is 0 Å². The number of aliphatic hydroxyl groups excluding tert-OH is 2. The first kappa shape index (κ1) is 27.0. The Morgan fingerprint density at radius 1 is 0.548 bits per heavy atom. The smallest absolute Gasteiger partial charge is 0.157 e. The largest absolute Gasteiger partial charge is 0.508 e. The third-order valence-electron chi connectivity index (χ3n) is 7.67. The molecule has 0 saturated heterocycles. The molecule has 0 aliphatic carbocycles. The van der Waals surface area contributed by atoms with Crippen molar-refractivity contribution < 1.29 is 60.5 Å². The lowest BCUT2D eigenvalue weighted by Crippen LogP contribution is -2.36. The number of hydrogen-bond donors (Lipinski definition) is 10.